The van der Waals surface area contributed by atoms with E-state index in [9.17, 15) is 15.0 Å². The third-order valence-electron chi connectivity index (χ3n) is 11.0. The van der Waals surface area contributed by atoms with Crippen LogP contribution in [0.15, 0.2) is 11.6 Å². The zero-order chi connectivity index (χ0) is 23.3. The van der Waals surface area contributed by atoms with Crippen molar-refractivity contribution in [2.45, 2.75) is 115 Å². The van der Waals surface area contributed by atoms with Crippen LogP contribution in [0.25, 0.3) is 0 Å². The van der Waals surface area contributed by atoms with E-state index in [1.807, 2.05) is 6.08 Å². The highest BCUT2D eigenvalue weighted by atomic mass is 16.6. The summed E-state index contributed by atoms with van der Waals surface area (Å²) in [6.45, 7) is 10.5. The molecule has 32 heavy (non-hydrogen) atoms. The summed E-state index contributed by atoms with van der Waals surface area (Å²) < 4.78 is 6.30. The molecule has 5 heteroatoms. The maximum atomic E-state index is 12.2. The number of hydrogen-bond donors (Lipinski definition) is 3. The zero-order valence-electron chi connectivity index (χ0n) is 20.6. The first kappa shape index (κ1) is 23.0. The van der Waals surface area contributed by atoms with Gasteiger partial charge in [-0.25, -0.2) is 0 Å². The number of rotatable bonds is 5. The Balaban J connectivity index is 1.38. The van der Waals surface area contributed by atoms with Crippen molar-refractivity contribution in [1.82, 2.24) is 0 Å². The van der Waals surface area contributed by atoms with Gasteiger partial charge in [0.2, 0.25) is 0 Å². The summed E-state index contributed by atoms with van der Waals surface area (Å²) >= 11 is 0. The van der Waals surface area contributed by atoms with Gasteiger partial charge in [-0.05, 0) is 93.6 Å². The summed E-state index contributed by atoms with van der Waals surface area (Å²) in [6, 6.07) is 0. The first-order valence-corrected chi connectivity index (χ1v) is 12.9. The summed E-state index contributed by atoms with van der Waals surface area (Å²) in [5.41, 5.74) is 7.36. The fourth-order valence-corrected chi connectivity index (χ4v) is 8.80. The van der Waals surface area contributed by atoms with Gasteiger partial charge in [0, 0.05) is 23.3 Å². The second kappa shape index (κ2) is 7.13. The summed E-state index contributed by atoms with van der Waals surface area (Å²) in [4.78, 5) is 12.2. The second-order valence-corrected chi connectivity index (χ2v) is 13.0. The summed E-state index contributed by atoms with van der Waals surface area (Å²) in [5, 5.41) is 20.5. The van der Waals surface area contributed by atoms with Gasteiger partial charge in [0.25, 0.3) is 0 Å². The molecule has 0 amide bonds. The molecule has 3 saturated carbocycles. The molecule has 0 radical (unpaired) electrons. The molecule has 3 unspecified atom stereocenters. The van der Waals surface area contributed by atoms with Gasteiger partial charge in [-0.3, -0.25) is 4.79 Å². The molecule has 1 saturated heterocycles. The number of fused-ring (bicyclic) bond motifs is 8. The normalized spacial score (nSPS) is 49.3. The van der Waals surface area contributed by atoms with Crippen LogP contribution < -0.4 is 5.73 Å². The molecule has 5 rings (SSSR count). The molecule has 0 spiro atoms. The number of hydrogen-bond acceptors (Lipinski definition) is 5. The van der Waals surface area contributed by atoms with Crippen LogP contribution >= 0.6 is 0 Å². The van der Waals surface area contributed by atoms with Gasteiger partial charge >= 0.3 is 0 Å². The SMILES string of the molecule is C[C@H](CCC(O)C(C)(C)O)[C@H]1CC[C@H]2C3C4O[C@H]4C4=CC(=O)CC[C@]4(C)[C@@]3(N)CC[C@]12C. The topological polar surface area (TPSA) is 96.1 Å². The third kappa shape index (κ3) is 3.07. The molecule has 4 N–H and O–H groups in total. The van der Waals surface area contributed by atoms with Crippen molar-refractivity contribution in [3.63, 3.8) is 0 Å². The third-order valence-corrected chi connectivity index (χ3v) is 11.0. The van der Waals surface area contributed by atoms with Crippen molar-refractivity contribution in [1.29, 1.82) is 0 Å². The highest BCUT2D eigenvalue weighted by Crippen LogP contribution is 2.71. The molecule has 0 bridgehead atoms. The number of nitrogens with two attached hydrogens (primary N) is 1. The molecule has 180 valence electrons. The molecule has 1 heterocycles. The minimum Gasteiger partial charge on any atom is -0.390 e. The highest BCUT2D eigenvalue weighted by Gasteiger charge is 2.73. The number of carbonyl (C=O) groups is 1. The van der Waals surface area contributed by atoms with Gasteiger partial charge in [-0.2, -0.15) is 0 Å². The van der Waals surface area contributed by atoms with Crippen LogP contribution in [0.1, 0.15) is 86.0 Å². The maximum Gasteiger partial charge on any atom is 0.155 e. The summed E-state index contributed by atoms with van der Waals surface area (Å²) in [5.74, 6) is 2.27. The first-order chi connectivity index (χ1) is 14.8. The van der Waals surface area contributed by atoms with E-state index in [2.05, 4.69) is 20.8 Å². The van der Waals surface area contributed by atoms with E-state index in [-0.39, 0.29) is 34.4 Å². The first-order valence-electron chi connectivity index (χ1n) is 12.9. The van der Waals surface area contributed by atoms with Crippen molar-refractivity contribution in [2.75, 3.05) is 0 Å². The van der Waals surface area contributed by atoms with Gasteiger partial charge in [0.15, 0.2) is 5.78 Å². The van der Waals surface area contributed by atoms with Crippen LogP contribution in [-0.2, 0) is 9.53 Å². The van der Waals surface area contributed by atoms with E-state index < -0.39 is 11.7 Å². The monoisotopic (exact) mass is 445 g/mol. The van der Waals surface area contributed by atoms with Crippen LogP contribution in [0, 0.1) is 34.5 Å². The summed E-state index contributed by atoms with van der Waals surface area (Å²) in [7, 11) is 0. The Bertz CT molecular complexity index is 832. The van der Waals surface area contributed by atoms with Gasteiger partial charge in [0.1, 0.15) is 6.10 Å². The lowest BCUT2D eigenvalue weighted by Gasteiger charge is -2.62. The van der Waals surface area contributed by atoms with Crippen molar-refractivity contribution >= 4 is 5.78 Å². The molecular formula is C27H43NO4. The van der Waals surface area contributed by atoms with E-state index in [4.69, 9.17) is 10.5 Å². The van der Waals surface area contributed by atoms with Crippen LogP contribution in [-0.4, -0.2) is 45.4 Å². The lowest BCUT2D eigenvalue weighted by Crippen LogP contribution is -2.70. The molecule has 5 nitrogen and oxygen atoms in total. The number of epoxide rings is 1. The molecule has 0 aromatic carbocycles. The lowest BCUT2D eigenvalue weighted by molar-refractivity contribution is -0.118. The molecule has 4 fully saturated rings. The van der Waals surface area contributed by atoms with Gasteiger partial charge in [-0.1, -0.05) is 20.8 Å². The summed E-state index contributed by atoms with van der Waals surface area (Å²) in [6.07, 6.45) is 9.04. The number of ether oxygens (including phenoxy) is 1. The average molecular weight is 446 g/mol. The van der Waals surface area contributed by atoms with Crippen molar-refractivity contribution in [3.05, 3.63) is 11.6 Å². The molecule has 1 aliphatic heterocycles. The Labute approximate surface area is 193 Å². The smallest absolute Gasteiger partial charge is 0.155 e. The van der Waals surface area contributed by atoms with E-state index in [1.165, 1.54) is 18.4 Å². The van der Waals surface area contributed by atoms with Crippen LogP contribution in [0.3, 0.4) is 0 Å². The largest absolute Gasteiger partial charge is 0.390 e. The maximum absolute atomic E-state index is 12.2. The Morgan fingerprint density at radius 3 is 2.62 bits per heavy atom. The number of ketones is 1. The molecule has 5 aliphatic rings. The fraction of sp³-hybridized carbons (Fsp3) is 0.889. The Morgan fingerprint density at radius 2 is 1.94 bits per heavy atom. The van der Waals surface area contributed by atoms with Crippen LogP contribution in [0.2, 0.25) is 0 Å². The molecule has 4 aliphatic carbocycles. The standard InChI is InChI=1S/C27H43NO4/c1-15(6-9-20(30)24(2,3)31)17-7-8-18-21-23-22(32-23)19-14-16(29)10-11-26(19,5)27(21,28)13-12-25(17,18)4/h14-15,17-18,20-23,30-31H,6-13,28H2,1-5H3/t15-,17-,18+,20?,21?,22+,23?,25-,26+,27-/m1/s1. The Hall–Kier alpha value is -0.750. The Kier molecular flexibility index (Phi) is 5.13. The average Bonchev–Trinajstić information content (AvgIpc) is 3.41. The van der Waals surface area contributed by atoms with E-state index >= 15 is 0 Å². The van der Waals surface area contributed by atoms with E-state index in [0.717, 1.165) is 25.7 Å². The molecular weight excluding hydrogens is 402 g/mol. The highest BCUT2D eigenvalue weighted by molar-refractivity contribution is 5.92. The second-order valence-electron chi connectivity index (χ2n) is 13.0. The van der Waals surface area contributed by atoms with Crippen molar-refractivity contribution < 1.29 is 19.7 Å². The fourth-order valence-electron chi connectivity index (χ4n) is 8.80. The predicted molar refractivity (Wildman–Crippen MR) is 124 cm³/mol. The van der Waals surface area contributed by atoms with E-state index in [0.29, 0.717) is 36.5 Å². The minimum atomic E-state index is -1.05. The molecule has 10 atom stereocenters. The van der Waals surface area contributed by atoms with Gasteiger partial charge in [0.05, 0.1) is 17.8 Å². The predicted octanol–water partition coefficient (Wildman–Crippen LogP) is 3.75. The Morgan fingerprint density at radius 1 is 1.22 bits per heavy atom. The molecule has 0 aromatic heterocycles. The molecule has 0 aromatic rings. The van der Waals surface area contributed by atoms with Crippen LogP contribution in [0.5, 0.6) is 0 Å². The number of aliphatic hydroxyl groups excluding tert-OH is 1. The number of carbonyl (C=O) groups excluding carboxylic acids is 1. The van der Waals surface area contributed by atoms with Crippen molar-refractivity contribution in [2.24, 2.45) is 40.2 Å². The van der Waals surface area contributed by atoms with Crippen molar-refractivity contribution in [3.8, 4) is 0 Å². The van der Waals surface area contributed by atoms with E-state index in [1.54, 1.807) is 13.8 Å². The lowest BCUT2D eigenvalue weighted by atomic mass is 9.43. The minimum absolute atomic E-state index is 0.103. The van der Waals surface area contributed by atoms with Gasteiger partial charge in [-0.15, -0.1) is 0 Å². The number of aliphatic hydroxyl groups is 2. The van der Waals surface area contributed by atoms with Crippen LogP contribution in [0.4, 0.5) is 0 Å². The quantitative estimate of drug-likeness (QED) is 0.560. The van der Waals surface area contributed by atoms with Gasteiger partial charge < -0.3 is 20.7 Å². The zero-order valence-corrected chi connectivity index (χ0v) is 20.6.